The van der Waals surface area contributed by atoms with E-state index in [2.05, 4.69) is 34.0 Å². The van der Waals surface area contributed by atoms with Crippen LogP contribution >= 0.6 is 27.5 Å². The molecule has 1 aliphatic carbocycles. The molecule has 1 atom stereocenters. The molecule has 1 unspecified atom stereocenters. The Bertz CT molecular complexity index is 437. The molecule has 0 bridgehead atoms. The van der Waals surface area contributed by atoms with Crippen LogP contribution in [-0.2, 0) is 19.9 Å². The Hall–Kier alpha value is -0.280. The van der Waals surface area contributed by atoms with E-state index in [1.165, 1.54) is 28.6 Å². The number of allylic oxidation sites excluding steroid dienone is 2. The predicted molar refractivity (Wildman–Crippen MR) is 75.6 cm³/mol. The second-order valence-corrected chi connectivity index (χ2v) is 5.95. The number of halogens is 2. The van der Waals surface area contributed by atoms with Crippen molar-refractivity contribution in [3.8, 4) is 0 Å². The summed E-state index contributed by atoms with van der Waals surface area (Å²) in [5, 5.41) is 4.74. The number of aromatic nitrogens is 2. The van der Waals surface area contributed by atoms with Crippen molar-refractivity contribution in [2.24, 2.45) is 7.05 Å². The van der Waals surface area contributed by atoms with Crippen LogP contribution in [0.2, 0.25) is 0 Å². The van der Waals surface area contributed by atoms with Crippen LogP contribution < -0.4 is 0 Å². The van der Waals surface area contributed by atoms with E-state index in [9.17, 15) is 0 Å². The molecule has 0 saturated carbocycles. The molecule has 17 heavy (non-hydrogen) atoms. The Kier molecular flexibility index (Phi) is 4.31. The minimum Gasteiger partial charge on any atom is -0.271 e. The monoisotopic (exact) mass is 316 g/mol. The summed E-state index contributed by atoms with van der Waals surface area (Å²) in [7, 11) is 2.01. The van der Waals surface area contributed by atoms with Crippen molar-refractivity contribution in [2.75, 3.05) is 0 Å². The largest absolute Gasteiger partial charge is 0.271 e. The summed E-state index contributed by atoms with van der Waals surface area (Å²) in [5.74, 6) is 0. The van der Waals surface area contributed by atoms with Crippen LogP contribution in [0.5, 0.6) is 0 Å². The molecule has 1 heterocycles. The van der Waals surface area contributed by atoms with E-state index < -0.39 is 0 Å². The number of aryl methyl sites for hydroxylation is 2. The van der Waals surface area contributed by atoms with Crippen molar-refractivity contribution < 1.29 is 0 Å². The summed E-state index contributed by atoms with van der Waals surface area (Å²) in [6.07, 6.45) is 7.63. The Labute approximate surface area is 116 Å². The van der Waals surface area contributed by atoms with Crippen LogP contribution in [0.1, 0.15) is 37.6 Å². The summed E-state index contributed by atoms with van der Waals surface area (Å²) in [6.45, 7) is 2.13. The average molecular weight is 318 g/mol. The zero-order valence-electron chi connectivity index (χ0n) is 10.3. The van der Waals surface area contributed by atoms with Gasteiger partial charge in [0.1, 0.15) is 0 Å². The third-order valence-electron chi connectivity index (χ3n) is 3.29. The van der Waals surface area contributed by atoms with E-state index >= 15 is 0 Å². The number of hydrogen-bond acceptors (Lipinski definition) is 1. The molecule has 4 heteroatoms. The van der Waals surface area contributed by atoms with E-state index in [1.54, 1.807) is 0 Å². The van der Waals surface area contributed by atoms with Gasteiger partial charge in [-0.2, -0.15) is 5.10 Å². The van der Waals surface area contributed by atoms with Crippen molar-refractivity contribution >= 4 is 27.5 Å². The normalized spacial score (nSPS) is 20.5. The molecule has 0 aromatic carbocycles. The second-order valence-electron chi connectivity index (χ2n) is 4.59. The maximum atomic E-state index is 6.18. The highest BCUT2D eigenvalue weighted by Gasteiger charge is 2.16. The van der Waals surface area contributed by atoms with Gasteiger partial charge in [0.15, 0.2) is 0 Å². The van der Waals surface area contributed by atoms with Gasteiger partial charge in [0.05, 0.1) is 21.2 Å². The molecule has 1 aliphatic rings. The highest BCUT2D eigenvalue weighted by atomic mass is 79.9. The topological polar surface area (TPSA) is 17.8 Å². The minimum absolute atomic E-state index is 0.219. The quantitative estimate of drug-likeness (QED) is 0.608. The molecule has 0 radical (unpaired) electrons. The average Bonchev–Trinajstić information content (AvgIpc) is 2.56. The number of hydrogen-bond donors (Lipinski definition) is 0. The second kappa shape index (κ2) is 5.57. The van der Waals surface area contributed by atoms with Gasteiger partial charge in [-0.1, -0.05) is 18.6 Å². The fourth-order valence-corrected chi connectivity index (χ4v) is 3.41. The van der Waals surface area contributed by atoms with E-state index in [-0.39, 0.29) is 5.38 Å². The number of rotatable bonds is 3. The third kappa shape index (κ3) is 2.94. The third-order valence-corrected chi connectivity index (χ3v) is 4.55. The lowest BCUT2D eigenvalue weighted by Gasteiger charge is -2.16. The summed E-state index contributed by atoms with van der Waals surface area (Å²) in [4.78, 5) is 0. The molecule has 94 valence electrons. The summed E-state index contributed by atoms with van der Waals surface area (Å²) >= 11 is 9.84. The molecular formula is C13H18BrClN2. The Morgan fingerprint density at radius 1 is 1.59 bits per heavy atom. The maximum Gasteiger partial charge on any atom is 0.0766 e. The smallest absolute Gasteiger partial charge is 0.0766 e. The predicted octanol–water partition coefficient (Wildman–Crippen LogP) is 4.01. The van der Waals surface area contributed by atoms with E-state index in [1.807, 2.05) is 11.7 Å². The Balaban J connectivity index is 2.21. The van der Waals surface area contributed by atoms with Crippen molar-refractivity contribution in [1.82, 2.24) is 9.78 Å². The lowest BCUT2D eigenvalue weighted by Crippen LogP contribution is -2.07. The standard InChI is InChI=1S/C13H18BrClN2/c1-3-11-13(14)12(17(2)16-11)8-9-5-4-6-10(15)7-9/h7,10H,3-6,8H2,1-2H3. The fraction of sp³-hybridized carbons (Fsp3) is 0.615. The molecule has 0 fully saturated rings. The number of alkyl halides is 1. The SMILES string of the molecule is CCc1nn(C)c(CC2=CC(Cl)CCC2)c1Br. The summed E-state index contributed by atoms with van der Waals surface area (Å²) < 4.78 is 3.15. The molecule has 2 nitrogen and oxygen atoms in total. The molecule has 0 saturated heterocycles. The van der Waals surface area contributed by atoms with Crippen LogP contribution in [0.3, 0.4) is 0 Å². The lowest BCUT2D eigenvalue weighted by molar-refractivity contribution is 0.665. The Morgan fingerprint density at radius 3 is 2.94 bits per heavy atom. The van der Waals surface area contributed by atoms with Gasteiger partial charge < -0.3 is 0 Å². The first-order chi connectivity index (χ1) is 8.11. The molecule has 1 aromatic heterocycles. The van der Waals surface area contributed by atoms with Crippen molar-refractivity contribution in [3.63, 3.8) is 0 Å². The molecule has 0 N–H and O–H groups in total. The van der Waals surface area contributed by atoms with Crippen LogP contribution in [0.15, 0.2) is 16.1 Å². The van der Waals surface area contributed by atoms with Crippen LogP contribution in [0.25, 0.3) is 0 Å². The van der Waals surface area contributed by atoms with Gasteiger partial charge in [-0.15, -0.1) is 11.6 Å². The molecule has 0 aliphatic heterocycles. The van der Waals surface area contributed by atoms with Gasteiger partial charge >= 0.3 is 0 Å². The van der Waals surface area contributed by atoms with Crippen molar-refractivity contribution in [1.29, 1.82) is 0 Å². The first-order valence-electron chi connectivity index (χ1n) is 6.15. The maximum absolute atomic E-state index is 6.18. The minimum atomic E-state index is 0.219. The molecule has 0 amide bonds. The molecule has 2 rings (SSSR count). The highest BCUT2D eigenvalue weighted by Crippen LogP contribution is 2.28. The summed E-state index contributed by atoms with van der Waals surface area (Å²) in [6, 6.07) is 0. The van der Waals surface area contributed by atoms with E-state index in [4.69, 9.17) is 11.6 Å². The number of nitrogens with zero attached hydrogens (tertiary/aromatic N) is 2. The van der Waals surface area contributed by atoms with Gasteiger partial charge in [0.2, 0.25) is 0 Å². The van der Waals surface area contributed by atoms with Gasteiger partial charge in [0, 0.05) is 13.5 Å². The Morgan fingerprint density at radius 2 is 2.35 bits per heavy atom. The van der Waals surface area contributed by atoms with Crippen LogP contribution in [0.4, 0.5) is 0 Å². The van der Waals surface area contributed by atoms with Crippen molar-refractivity contribution in [2.45, 2.75) is 44.4 Å². The highest BCUT2D eigenvalue weighted by molar-refractivity contribution is 9.10. The molecule has 1 aromatic rings. The van der Waals surface area contributed by atoms with Gasteiger partial charge in [-0.05, 0) is 41.6 Å². The van der Waals surface area contributed by atoms with Crippen LogP contribution in [-0.4, -0.2) is 15.2 Å². The van der Waals surface area contributed by atoms with Crippen molar-refractivity contribution in [3.05, 3.63) is 27.5 Å². The molecular weight excluding hydrogens is 300 g/mol. The van der Waals surface area contributed by atoms with Gasteiger partial charge in [0.25, 0.3) is 0 Å². The summed E-state index contributed by atoms with van der Waals surface area (Å²) in [5.41, 5.74) is 3.85. The lowest BCUT2D eigenvalue weighted by atomic mass is 9.95. The first kappa shape index (κ1) is 13.2. The van der Waals surface area contributed by atoms with E-state index in [0.29, 0.717) is 0 Å². The fourth-order valence-electron chi connectivity index (χ4n) is 2.32. The van der Waals surface area contributed by atoms with Gasteiger partial charge in [-0.3, -0.25) is 4.68 Å². The first-order valence-corrected chi connectivity index (χ1v) is 7.38. The zero-order chi connectivity index (χ0) is 12.4. The van der Waals surface area contributed by atoms with Gasteiger partial charge in [-0.25, -0.2) is 0 Å². The van der Waals surface area contributed by atoms with Crippen LogP contribution in [0, 0.1) is 0 Å². The van der Waals surface area contributed by atoms with E-state index in [0.717, 1.165) is 25.0 Å². The molecule has 0 spiro atoms. The zero-order valence-corrected chi connectivity index (χ0v) is 12.7.